The highest BCUT2D eigenvalue weighted by Crippen LogP contribution is 2.41. The second-order valence-electron chi connectivity index (χ2n) is 8.93. The molecule has 0 radical (unpaired) electrons. The van der Waals surface area contributed by atoms with Gasteiger partial charge in [0.1, 0.15) is 23.2 Å². The van der Waals surface area contributed by atoms with Gasteiger partial charge in [-0.3, -0.25) is 9.59 Å². The third kappa shape index (κ3) is 7.38. The molecule has 37 heavy (non-hydrogen) atoms. The van der Waals surface area contributed by atoms with E-state index in [-0.39, 0.29) is 41.1 Å². The zero-order valence-corrected chi connectivity index (χ0v) is 22.1. The van der Waals surface area contributed by atoms with Crippen LogP contribution in [0.3, 0.4) is 0 Å². The minimum absolute atomic E-state index is 0.185. The number of nitrogens with one attached hydrogen (secondary N) is 3. The maximum atomic E-state index is 13.3. The summed E-state index contributed by atoms with van der Waals surface area (Å²) in [6.07, 6.45) is 3.93. The van der Waals surface area contributed by atoms with Gasteiger partial charge in [-0.1, -0.05) is 54.2 Å². The Morgan fingerprint density at radius 2 is 1.76 bits per heavy atom. The lowest BCUT2D eigenvalue weighted by atomic mass is 9.81. The van der Waals surface area contributed by atoms with Crippen LogP contribution in [0.15, 0.2) is 47.6 Å². The van der Waals surface area contributed by atoms with Gasteiger partial charge in [-0.2, -0.15) is 0 Å². The summed E-state index contributed by atoms with van der Waals surface area (Å²) in [7, 11) is 0. The molecule has 0 spiro atoms. The Kier molecular flexibility index (Phi) is 10.2. The zero-order chi connectivity index (χ0) is 26.8. The first-order valence-corrected chi connectivity index (χ1v) is 12.9. The highest BCUT2D eigenvalue weighted by molar-refractivity contribution is 6.40. The molecule has 1 fully saturated rings. The van der Waals surface area contributed by atoms with E-state index in [1.165, 1.54) is 0 Å². The summed E-state index contributed by atoms with van der Waals surface area (Å²) >= 11 is 12.2. The first kappa shape index (κ1) is 28.3. The van der Waals surface area contributed by atoms with Crippen molar-refractivity contribution in [2.75, 3.05) is 18.5 Å². The van der Waals surface area contributed by atoms with E-state index in [1.807, 2.05) is 0 Å². The first-order valence-electron chi connectivity index (χ1n) is 12.1. The summed E-state index contributed by atoms with van der Waals surface area (Å²) in [5.41, 5.74) is 7.71. The lowest BCUT2D eigenvalue weighted by Gasteiger charge is -2.29. The van der Waals surface area contributed by atoms with E-state index in [0.717, 1.165) is 18.4 Å². The molecule has 1 aliphatic carbocycles. The van der Waals surface area contributed by atoms with Crippen LogP contribution in [0.5, 0.6) is 0 Å². The van der Waals surface area contributed by atoms with Crippen molar-refractivity contribution in [2.24, 2.45) is 10.5 Å². The number of carbonyl (C=O) groups excluding carboxylic acids is 3. The summed E-state index contributed by atoms with van der Waals surface area (Å²) in [4.78, 5) is 41.7. The van der Waals surface area contributed by atoms with Gasteiger partial charge in [-0.25, -0.2) is 4.79 Å². The minimum Gasteiger partial charge on any atom is -0.464 e. The topological polar surface area (TPSA) is 135 Å². The van der Waals surface area contributed by atoms with E-state index in [9.17, 15) is 14.4 Å². The molecule has 2 aromatic rings. The molecule has 11 heteroatoms. The number of esters is 1. The molecule has 9 nitrogen and oxygen atoms in total. The number of amides is 2. The molecule has 0 aliphatic heterocycles. The highest BCUT2D eigenvalue weighted by atomic mass is 35.5. The van der Waals surface area contributed by atoms with Gasteiger partial charge in [0.15, 0.2) is 0 Å². The van der Waals surface area contributed by atoms with Crippen LogP contribution in [-0.4, -0.2) is 37.0 Å². The van der Waals surface area contributed by atoms with Crippen LogP contribution in [0.1, 0.15) is 54.9 Å². The van der Waals surface area contributed by atoms with E-state index >= 15 is 0 Å². The molecule has 3 N–H and O–H groups in total. The van der Waals surface area contributed by atoms with Gasteiger partial charge in [-0.15, -0.1) is 0 Å². The summed E-state index contributed by atoms with van der Waals surface area (Å²) < 4.78 is 5.23. The molecule has 1 unspecified atom stereocenters. The van der Waals surface area contributed by atoms with Gasteiger partial charge in [0.05, 0.1) is 27.6 Å². The minimum atomic E-state index is -0.870. The number of anilines is 1. The molecule has 0 aromatic heterocycles. The van der Waals surface area contributed by atoms with Crippen LogP contribution in [0.25, 0.3) is 0 Å². The molecule has 0 saturated heterocycles. The van der Waals surface area contributed by atoms with Crippen molar-refractivity contribution in [1.82, 2.24) is 10.2 Å². The van der Waals surface area contributed by atoms with Crippen LogP contribution in [0.2, 0.25) is 10.0 Å². The second kappa shape index (κ2) is 13.3. The maximum Gasteiger partial charge on any atom is 0.328 e. The van der Waals surface area contributed by atoms with Crippen molar-refractivity contribution in [3.63, 3.8) is 0 Å². The molecule has 1 saturated carbocycles. The molecule has 3 rings (SSSR count). The number of carbonyl (C=O) groups is 3. The lowest BCUT2D eigenvalue weighted by molar-refractivity contribution is -0.148. The van der Waals surface area contributed by atoms with Gasteiger partial charge in [0, 0.05) is 12.1 Å². The summed E-state index contributed by atoms with van der Waals surface area (Å²) in [6.45, 7) is 2.19. The number of benzene rings is 2. The number of hydrogen-bond donors (Lipinski definition) is 3. The van der Waals surface area contributed by atoms with Crippen molar-refractivity contribution in [1.29, 1.82) is 5.53 Å². The van der Waals surface area contributed by atoms with Crippen LogP contribution < -0.4 is 15.5 Å². The van der Waals surface area contributed by atoms with E-state index in [1.54, 1.807) is 49.4 Å². The second-order valence-corrected chi connectivity index (χ2v) is 9.75. The molecule has 2 amide bonds. The van der Waals surface area contributed by atoms with Crippen LogP contribution >= 0.6 is 23.2 Å². The van der Waals surface area contributed by atoms with E-state index in [0.29, 0.717) is 24.9 Å². The number of ether oxygens (including phenoxy) is 1. The molecular weight excluding hydrogens is 517 g/mol. The SMILES string of the molecule is CCOC(=O)C(Cc1ccc(NC(=O)c2c(Cl)cccc2Cl)cc1)NC(=O)C1(CCN=[N+]=N)CCCC1. The Morgan fingerprint density at radius 3 is 2.35 bits per heavy atom. The van der Waals surface area contributed by atoms with E-state index in [4.69, 9.17) is 33.5 Å². The predicted octanol–water partition coefficient (Wildman–Crippen LogP) is 5.34. The number of rotatable bonds is 11. The fourth-order valence-electron chi connectivity index (χ4n) is 4.57. The Balaban J connectivity index is 1.71. The average Bonchev–Trinajstić information content (AvgIpc) is 3.35. The third-order valence-corrected chi connectivity index (χ3v) is 7.15. The van der Waals surface area contributed by atoms with E-state index in [2.05, 4.69) is 20.7 Å². The fourth-order valence-corrected chi connectivity index (χ4v) is 5.14. The molecule has 196 valence electrons. The Labute approximate surface area is 225 Å². The maximum absolute atomic E-state index is 13.3. The first-order chi connectivity index (χ1) is 17.8. The Morgan fingerprint density at radius 1 is 1.11 bits per heavy atom. The Hall–Kier alpha value is -3.26. The molecule has 1 atom stereocenters. The monoisotopic (exact) mass is 546 g/mol. The van der Waals surface area contributed by atoms with Crippen LogP contribution in [0.4, 0.5) is 5.69 Å². The lowest BCUT2D eigenvalue weighted by Crippen LogP contribution is -2.49. The molecule has 2 aromatic carbocycles. The Bertz CT molecular complexity index is 1160. The molecule has 0 heterocycles. The van der Waals surface area contributed by atoms with Crippen LogP contribution in [-0.2, 0) is 20.7 Å². The number of halogens is 2. The van der Waals surface area contributed by atoms with Gasteiger partial charge in [-0.05, 0) is 56.0 Å². The zero-order valence-electron chi connectivity index (χ0n) is 20.6. The van der Waals surface area contributed by atoms with Crippen molar-refractivity contribution in [3.8, 4) is 0 Å². The number of hydrogen-bond acceptors (Lipinski definition) is 6. The fraction of sp³-hybridized carbons (Fsp3) is 0.423. The molecular formula is C26H30Cl2N5O4+. The number of nitrogens with zero attached hydrogens (tertiary/aromatic N) is 2. The van der Waals surface area contributed by atoms with Gasteiger partial charge in [0.25, 0.3) is 5.91 Å². The van der Waals surface area contributed by atoms with Crippen LogP contribution in [0, 0.1) is 10.9 Å². The summed E-state index contributed by atoms with van der Waals surface area (Å²) in [5, 5.41) is 9.87. The van der Waals surface area contributed by atoms with Gasteiger partial charge in [0.2, 0.25) is 10.8 Å². The summed E-state index contributed by atoms with van der Waals surface area (Å²) in [6, 6.07) is 10.9. The largest absolute Gasteiger partial charge is 0.464 e. The standard InChI is InChI=1S/C26H29Cl2N5O4/c1-2-37-24(35)21(32-25(36)26(12-3-4-13-26)14-15-30-33-29)16-17-8-10-18(11-9-17)31-23(34)22-19(27)6-5-7-20(22)28/h5-11,21,29H,2-4,12-16H2,1H3,(H-,31,32,34,36)/p+1. The molecule has 0 bridgehead atoms. The highest BCUT2D eigenvalue weighted by Gasteiger charge is 2.42. The van der Waals surface area contributed by atoms with Crippen molar-refractivity contribution < 1.29 is 19.1 Å². The smallest absolute Gasteiger partial charge is 0.328 e. The average molecular weight is 547 g/mol. The normalized spacial score (nSPS) is 14.8. The van der Waals surface area contributed by atoms with Gasteiger partial charge >= 0.3 is 5.97 Å². The summed E-state index contributed by atoms with van der Waals surface area (Å²) in [5.74, 6) is -1.16. The van der Waals surface area contributed by atoms with Gasteiger partial charge < -0.3 is 15.4 Å². The van der Waals surface area contributed by atoms with E-state index < -0.39 is 23.3 Å². The van der Waals surface area contributed by atoms with Crippen molar-refractivity contribution in [3.05, 3.63) is 63.6 Å². The third-order valence-electron chi connectivity index (χ3n) is 6.52. The molecule has 1 aliphatic rings. The van der Waals surface area contributed by atoms with Crippen molar-refractivity contribution in [2.45, 2.75) is 51.5 Å². The van der Waals surface area contributed by atoms with Crippen molar-refractivity contribution >= 4 is 46.7 Å². The quantitative estimate of drug-likeness (QED) is 0.199. The predicted molar refractivity (Wildman–Crippen MR) is 141 cm³/mol.